The van der Waals surface area contributed by atoms with Gasteiger partial charge in [-0.1, -0.05) is 36.4 Å². The molecule has 0 radical (unpaired) electrons. The quantitative estimate of drug-likeness (QED) is 0.728. The molecule has 1 N–H and O–H groups in total. The first kappa shape index (κ1) is 18.4. The zero-order valence-corrected chi connectivity index (χ0v) is 16.4. The third-order valence-electron chi connectivity index (χ3n) is 5.22. The summed E-state index contributed by atoms with van der Waals surface area (Å²) in [6.45, 7) is 5.92. The van der Waals surface area contributed by atoms with Gasteiger partial charge in [0.1, 0.15) is 11.6 Å². The summed E-state index contributed by atoms with van der Waals surface area (Å²) in [5, 5.41) is 3.04. The van der Waals surface area contributed by atoms with Crippen molar-refractivity contribution < 1.29 is 9.18 Å². The van der Waals surface area contributed by atoms with Crippen LogP contribution in [0.1, 0.15) is 44.7 Å². The number of carbonyl (C=O) groups is 1. The number of benzene rings is 2. The van der Waals surface area contributed by atoms with Crippen LogP contribution in [0.4, 0.5) is 4.39 Å². The van der Waals surface area contributed by atoms with Gasteiger partial charge in [0.25, 0.3) is 0 Å². The maximum absolute atomic E-state index is 13.6. The largest absolute Gasteiger partial charge is 0.352 e. The number of nitrogens with zero attached hydrogens (tertiary/aromatic N) is 2. The SMILES string of the molecule is CC(C)(C)NC(=O)CCC1(c2ccc(F)cc2)c2ccccc2-c2nccn21. The molecule has 144 valence electrons. The Kier molecular flexibility index (Phi) is 4.33. The number of aromatic nitrogens is 2. The molecule has 0 bridgehead atoms. The molecule has 0 aliphatic carbocycles. The van der Waals surface area contributed by atoms with Crippen molar-refractivity contribution >= 4 is 5.91 Å². The van der Waals surface area contributed by atoms with E-state index in [1.54, 1.807) is 6.20 Å². The molecule has 1 atom stereocenters. The van der Waals surface area contributed by atoms with Crippen LogP contribution in [0.2, 0.25) is 0 Å². The first-order valence-electron chi connectivity index (χ1n) is 9.52. The van der Waals surface area contributed by atoms with Crippen LogP contribution in [0.15, 0.2) is 60.9 Å². The summed E-state index contributed by atoms with van der Waals surface area (Å²) < 4.78 is 15.8. The number of amides is 1. The highest BCUT2D eigenvalue weighted by molar-refractivity contribution is 5.78. The van der Waals surface area contributed by atoms with Crippen molar-refractivity contribution in [3.63, 3.8) is 0 Å². The summed E-state index contributed by atoms with van der Waals surface area (Å²) >= 11 is 0. The predicted molar refractivity (Wildman–Crippen MR) is 107 cm³/mol. The summed E-state index contributed by atoms with van der Waals surface area (Å²) in [6, 6.07) is 14.7. The van der Waals surface area contributed by atoms with Crippen LogP contribution in [-0.4, -0.2) is 21.0 Å². The van der Waals surface area contributed by atoms with Gasteiger partial charge in [-0.25, -0.2) is 9.37 Å². The molecule has 1 aliphatic rings. The van der Waals surface area contributed by atoms with E-state index < -0.39 is 5.54 Å². The van der Waals surface area contributed by atoms with E-state index in [-0.39, 0.29) is 17.3 Å². The van der Waals surface area contributed by atoms with Crippen molar-refractivity contribution in [2.75, 3.05) is 0 Å². The van der Waals surface area contributed by atoms with E-state index in [2.05, 4.69) is 27.0 Å². The highest BCUT2D eigenvalue weighted by Gasteiger charge is 2.44. The molecule has 1 aromatic heterocycles. The summed E-state index contributed by atoms with van der Waals surface area (Å²) in [5.41, 5.74) is 2.21. The first-order valence-corrected chi connectivity index (χ1v) is 9.52. The van der Waals surface area contributed by atoms with Crippen LogP contribution >= 0.6 is 0 Å². The molecule has 4 rings (SSSR count). The molecular weight excluding hydrogens is 353 g/mol. The Morgan fingerprint density at radius 1 is 1.14 bits per heavy atom. The van der Waals surface area contributed by atoms with Crippen molar-refractivity contribution in [1.82, 2.24) is 14.9 Å². The fourth-order valence-electron chi connectivity index (χ4n) is 4.17. The average Bonchev–Trinajstić information content (AvgIpc) is 3.21. The van der Waals surface area contributed by atoms with Gasteiger partial charge in [0.05, 0.1) is 5.54 Å². The first-order chi connectivity index (χ1) is 13.3. The van der Waals surface area contributed by atoms with Crippen LogP contribution in [0.5, 0.6) is 0 Å². The van der Waals surface area contributed by atoms with Crippen LogP contribution in [0, 0.1) is 5.82 Å². The van der Waals surface area contributed by atoms with E-state index in [0.717, 1.165) is 22.5 Å². The fourth-order valence-corrected chi connectivity index (χ4v) is 4.17. The Labute approximate surface area is 164 Å². The highest BCUT2D eigenvalue weighted by Crippen LogP contribution is 2.49. The molecule has 1 amide bonds. The molecule has 2 heterocycles. The minimum Gasteiger partial charge on any atom is -0.352 e. The lowest BCUT2D eigenvalue weighted by molar-refractivity contribution is -0.122. The second kappa shape index (κ2) is 6.59. The number of fused-ring (bicyclic) bond motifs is 3. The molecule has 0 fully saturated rings. The third-order valence-corrected chi connectivity index (χ3v) is 5.22. The van der Waals surface area contributed by atoms with Gasteiger partial charge in [-0.05, 0) is 50.5 Å². The van der Waals surface area contributed by atoms with Gasteiger partial charge in [-0.3, -0.25) is 4.79 Å². The molecule has 28 heavy (non-hydrogen) atoms. The zero-order chi connectivity index (χ0) is 19.9. The Hall–Kier alpha value is -2.95. The number of imidazole rings is 1. The Balaban J connectivity index is 1.82. The van der Waals surface area contributed by atoms with E-state index in [1.807, 2.05) is 51.2 Å². The summed E-state index contributed by atoms with van der Waals surface area (Å²) in [4.78, 5) is 17.2. The van der Waals surface area contributed by atoms with E-state index in [9.17, 15) is 9.18 Å². The number of hydrogen-bond acceptors (Lipinski definition) is 2. The second-order valence-corrected chi connectivity index (χ2v) is 8.33. The standard InChI is InChI=1S/C23H24FN3O/c1-22(2,3)26-20(28)12-13-23(16-8-10-17(24)11-9-16)19-7-5-4-6-18(19)21-25-14-15-27(21)23/h4-11,14-15H,12-13H2,1-3H3,(H,26,28). The van der Waals surface area contributed by atoms with Gasteiger partial charge in [0.15, 0.2) is 0 Å². The Morgan fingerprint density at radius 3 is 2.57 bits per heavy atom. The van der Waals surface area contributed by atoms with Crippen LogP contribution < -0.4 is 5.32 Å². The van der Waals surface area contributed by atoms with Gasteiger partial charge in [0, 0.05) is 29.9 Å². The van der Waals surface area contributed by atoms with Gasteiger partial charge < -0.3 is 9.88 Å². The van der Waals surface area contributed by atoms with Gasteiger partial charge in [0.2, 0.25) is 5.91 Å². The van der Waals surface area contributed by atoms with Crippen molar-refractivity contribution in [2.24, 2.45) is 0 Å². The average molecular weight is 377 g/mol. The van der Waals surface area contributed by atoms with E-state index in [0.29, 0.717) is 12.8 Å². The molecule has 5 heteroatoms. The van der Waals surface area contributed by atoms with E-state index in [4.69, 9.17) is 0 Å². The molecule has 0 saturated heterocycles. The van der Waals surface area contributed by atoms with Crippen molar-refractivity contribution in [3.8, 4) is 11.4 Å². The second-order valence-electron chi connectivity index (χ2n) is 8.33. The molecule has 4 nitrogen and oxygen atoms in total. The number of carbonyl (C=O) groups excluding carboxylic acids is 1. The van der Waals surface area contributed by atoms with Crippen molar-refractivity contribution in [1.29, 1.82) is 0 Å². The molecule has 1 aliphatic heterocycles. The zero-order valence-electron chi connectivity index (χ0n) is 16.4. The number of hydrogen-bond donors (Lipinski definition) is 1. The maximum Gasteiger partial charge on any atom is 0.220 e. The van der Waals surface area contributed by atoms with Crippen molar-refractivity contribution in [3.05, 3.63) is 77.9 Å². The smallest absolute Gasteiger partial charge is 0.220 e. The maximum atomic E-state index is 13.6. The van der Waals surface area contributed by atoms with Crippen LogP contribution in [-0.2, 0) is 10.3 Å². The Bertz CT molecular complexity index is 1020. The summed E-state index contributed by atoms with van der Waals surface area (Å²) in [5.74, 6) is 0.595. The lowest BCUT2D eigenvalue weighted by Gasteiger charge is -2.34. The van der Waals surface area contributed by atoms with Crippen molar-refractivity contribution in [2.45, 2.75) is 44.7 Å². The van der Waals surface area contributed by atoms with Gasteiger partial charge in [-0.2, -0.15) is 0 Å². The number of halogens is 1. The summed E-state index contributed by atoms with van der Waals surface area (Å²) in [7, 11) is 0. The molecule has 0 saturated carbocycles. The van der Waals surface area contributed by atoms with Gasteiger partial charge >= 0.3 is 0 Å². The predicted octanol–water partition coefficient (Wildman–Crippen LogP) is 4.49. The lowest BCUT2D eigenvalue weighted by atomic mass is 9.79. The van der Waals surface area contributed by atoms with Gasteiger partial charge in [-0.15, -0.1) is 0 Å². The lowest BCUT2D eigenvalue weighted by Crippen LogP contribution is -2.42. The minimum absolute atomic E-state index is 0.0000307. The minimum atomic E-state index is -0.592. The highest BCUT2D eigenvalue weighted by atomic mass is 19.1. The van der Waals surface area contributed by atoms with E-state index >= 15 is 0 Å². The normalized spacial score (nSPS) is 17.9. The third kappa shape index (κ3) is 3.01. The molecule has 0 spiro atoms. The topological polar surface area (TPSA) is 46.9 Å². The van der Waals surface area contributed by atoms with Crippen LogP contribution in [0.3, 0.4) is 0 Å². The van der Waals surface area contributed by atoms with E-state index in [1.165, 1.54) is 12.1 Å². The molecular formula is C23H24FN3O. The van der Waals surface area contributed by atoms with Crippen LogP contribution in [0.25, 0.3) is 11.4 Å². The molecule has 1 unspecified atom stereocenters. The monoisotopic (exact) mass is 377 g/mol. The summed E-state index contributed by atoms with van der Waals surface area (Å²) in [6.07, 6.45) is 4.63. The Morgan fingerprint density at radius 2 is 1.86 bits per heavy atom. The number of nitrogens with one attached hydrogen (secondary N) is 1. The number of rotatable bonds is 4. The fraction of sp³-hybridized carbons (Fsp3) is 0.304. The molecule has 2 aromatic carbocycles. The molecule has 3 aromatic rings.